The molecule has 0 saturated carbocycles. The molecule has 1 amide bonds. The highest BCUT2D eigenvalue weighted by Gasteiger charge is 2.42. The van der Waals surface area contributed by atoms with Crippen molar-refractivity contribution in [2.24, 2.45) is 5.41 Å². The Morgan fingerprint density at radius 2 is 1.62 bits per heavy atom. The van der Waals surface area contributed by atoms with Gasteiger partial charge in [-0.25, -0.2) is 0 Å². The van der Waals surface area contributed by atoms with Crippen LogP contribution in [-0.4, -0.2) is 40.8 Å². The second kappa shape index (κ2) is 6.75. The normalized spacial score (nSPS) is 19.4. The first-order valence-electron chi connectivity index (χ1n) is 8.55. The van der Waals surface area contributed by atoms with Gasteiger partial charge in [0.1, 0.15) is 0 Å². The maximum atomic E-state index is 12.9. The second-order valence-corrected chi connectivity index (χ2v) is 7.08. The minimum atomic E-state index is -0.939. The minimum absolute atomic E-state index is 0.147. The van der Waals surface area contributed by atoms with E-state index in [-0.39, 0.29) is 18.2 Å². The number of carbonyl (C=O) groups excluding carboxylic acids is 2. The van der Waals surface area contributed by atoms with Gasteiger partial charge in [0.15, 0.2) is 5.78 Å². The molecule has 134 valence electrons. The third-order valence-corrected chi connectivity index (χ3v) is 4.99. The van der Waals surface area contributed by atoms with Crippen LogP contribution in [0.4, 0.5) is 0 Å². The number of benzene rings is 2. The molecule has 0 spiro atoms. The molecule has 0 aliphatic carbocycles. The van der Waals surface area contributed by atoms with Gasteiger partial charge in [-0.2, -0.15) is 0 Å². The Morgan fingerprint density at radius 1 is 1.00 bits per heavy atom. The van der Waals surface area contributed by atoms with Crippen LogP contribution in [0.1, 0.15) is 45.2 Å². The van der Waals surface area contributed by atoms with Gasteiger partial charge in [0.2, 0.25) is 0 Å². The Hall–Kier alpha value is -2.95. The zero-order chi connectivity index (χ0) is 18.9. The molecular formula is C21H21NO4. The summed E-state index contributed by atoms with van der Waals surface area (Å²) in [5.41, 5.74) is 1.28. The van der Waals surface area contributed by atoms with Crippen LogP contribution in [-0.2, 0) is 4.79 Å². The molecule has 0 unspecified atom stereocenters. The Balaban J connectivity index is 1.90. The van der Waals surface area contributed by atoms with E-state index in [0.29, 0.717) is 29.7 Å². The second-order valence-electron chi connectivity index (χ2n) is 7.08. The van der Waals surface area contributed by atoms with Crippen LogP contribution in [0.5, 0.6) is 0 Å². The lowest BCUT2D eigenvalue weighted by molar-refractivity contribution is -0.147. The van der Waals surface area contributed by atoms with Crippen LogP contribution >= 0.6 is 0 Å². The maximum Gasteiger partial charge on any atom is 0.311 e. The van der Waals surface area contributed by atoms with Crippen LogP contribution in [0.15, 0.2) is 48.5 Å². The van der Waals surface area contributed by atoms with E-state index < -0.39 is 11.4 Å². The van der Waals surface area contributed by atoms with Crippen molar-refractivity contribution in [3.05, 3.63) is 70.8 Å². The van der Waals surface area contributed by atoms with Gasteiger partial charge < -0.3 is 10.0 Å². The fourth-order valence-corrected chi connectivity index (χ4v) is 3.21. The number of carboxylic acids is 1. The zero-order valence-electron chi connectivity index (χ0n) is 14.9. The van der Waals surface area contributed by atoms with Crippen molar-refractivity contribution in [3.63, 3.8) is 0 Å². The smallest absolute Gasteiger partial charge is 0.311 e. The molecule has 1 aliphatic heterocycles. The molecule has 1 fully saturated rings. The number of nitrogens with zero attached hydrogens (tertiary/aromatic N) is 1. The third kappa shape index (κ3) is 3.25. The monoisotopic (exact) mass is 351 g/mol. The Morgan fingerprint density at radius 3 is 2.19 bits per heavy atom. The zero-order valence-corrected chi connectivity index (χ0v) is 14.9. The number of amides is 1. The van der Waals surface area contributed by atoms with Crippen molar-refractivity contribution in [1.82, 2.24) is 4.90 Å². The number of aliphatic carboxylic acids is 1. The van der Waals surface area contributed by atoms with E-state index in [9.17, 15) is 19.5 Å². The number of rotatable bonds is 4. The van der Waals surface area contributed by atoms with Gasteiger partial charge >= 0.3 is 5.97 Å². The molecule has 0 aromatic heterocycles. The van der Waals surface area contributed by atoms with Crippen molar-refractivity contribution < 1.29 is 19.5 Å². The first-order chi connectivity index (χ1) is 12.3. The minimum Gasteiger partial charge on any atom is -0.481 e. The predicted molar refractivity (Wildman–Crippen MR) is 97.3 cm³/mol. The standard InChI is InChI=1S/C21H21NO4/c1-14-7-9-15(10-8-14)18(23)16-5-3-4-6-17(16)19(24)22-12-11-21(2,13-22)20(25)26/h3-10H,11-13H2,1-2H3,(H,25,26)/t21-/m0/s1. The van der Waals surface area contributed by atoms with Gasteiger partial charge in [-0.05, 0) is 26.3 Å². The summed E-state index contributed by atoms with van der Waals surface area (Å²) in [7, 11) is 0. The molecule has 5 nitrogen and oxygen atoms in total. The number of hydrogen-bond donors (Lipinski definition) is 1. The van der Waals surface area contributed by atoms with Crippen molar-refractivity contribution in [1.29, 1.82) is 0 Å². The number of carbonyl (C=O) groups is 3. The number of likely N-dealkylation sites (tertiary alicyclic amines) is 1. The van der Waals surface area contributed by atoms with Crippen LogP contribution in [0, 0.1) is 12.3 Å². The van der Waals surface area contributed by atoms with Gasteiger partial charge in [0, 0.05) is 24.2 Å². The SMILES string of the molecule is Cc1ccc(C(=O)c2ccccc2C(=O)N2CC[C@](C)(C(=O)O)C2)cc1. The number of carboxylic acid groups (broad SMARTS) is 1. The van der Waals surface area contributed by atoms with E-state index in [4.69, 9.17) is 0 Å². The molecule has 1 saturated heterocycles. The summed E-state index contributed by atoms with van der Waals surface area (Å²) in [6.07, 6.45) is 0.405. The van der Waals surface area contributed by atoms with E-state index in [1.807, 2.05) is 19.1 Å². The van der Waals surface area contributed by atoms with E-state index in [0.717, 1.165) is 5.56 Å². The largest absolute Gasteiger partial charge is 0.481 e. The number of hydrogen-bond acceptors (Lipinski definition) is 3. The van der Waals surface area contributed by atoms with Crippen molar-refractivity contribution >= 4 is 17.7 Å². The Bertz CT molecular complexity index is 872. The van der Waals surface area contributed by atoms with Gasteiger partial charge in [0.25, 0.3) is 5.91 Å². The summed E-state index contributed by atoms with van der Waals surface area (Å²) in [4.78, 5) is 38.8. The summed E-state index contributed by atoms with van der Waals surface area (Å²) in [5.74, 6) is -1.42. The molecule has 26 heavy (non-hydrogen) atoms. The van der Waals surface area contributed by atoms with E-state index >= 15 is 0 Å². The molecule has 2 aromatic rings. The Kier molecular flexibility index (Phi) is 4.64. The first-order valence-corrected chi connectivity index (χ1v) is 8.55. The van der Waals surface area contributed by atoms with Crippen molar-refractivity contribution in [2.45, 2.75) is 20.3 Å². The highest BCUT2D eigenvalue weighted by atomic mass is 16.4. The lowest BCUT2D eigenvalue weighted by Gasteiger charge is -2.21. The Labute approximate surface area is 152 Å². The average molecular weight is 351 g/mol. The van der Waals surface area contributed by atoms with E-state index in [2.05, 4.69) is 0 Å². The highest BCUT2D eigenvalue weighted by Crippen LogP contribution is 2.31. The molecule has 2 aromatic carbocycles. The van der Waals surface area contributed by atoms with Crippen LogP contribution in [0.25, 0.3) is 0 Å². The fourth-order valence-electron chi connectivity index (χ4n) is 3.21. The highest BCUT2D eigenvalue weighted by molar-refractivity contribution is 6.15. The molecule has 1 heterocycles. The summed E-state index contributed by atoms with van der Waals surface area (Å²) < 4.78 is 0. The third-order valence-electron chi connectivity index (χ3n) is 4.99. The molecule has 1 N–H and O–H groups in total. The summed E-state index contributed by atoms with van der Waals surface area (Å²) >= 11 is 0. The summed E-state index contributed by atoms with van der Waals surface area (Å²) in [5, 5.41) is 9.36. The van der Waals surface area contributed by atoms with Crippen LogP contribution in [0.2, 0.25) is 0 Å². The first kappa shape index (κ1) is 17.9. The lowest BCUT2D eigenvalue weighted by atomic mass is 9.90. The van der Waals surface area contributed by atoms with E-state index in [1.54, 1.807) is 43.3 Å². The topological polar surface area (TPSA) is 74.7 Å². The molecular weight excluding hydrogens is 330 g/mol. The van der Waals surface area contributed by atoms with Crippen LogP contribution < -0.4 is 0 Å². The lowest BCUT2D eigenvalue weighted by Crippen LogP contribution is -2.35. The summed E-state index contributed by atoms with van der Waals surface area (Å²) in [6.45, 7) is 4.10. The van der Waals surface area contributed by atoms with Crippen molar-refractivity contribution in [2.75, 3.05) is 13.1 Å². The molecule has 3 rings (SSSR count). The van der Waals surface area contributed by atoms with Crippen LogP contribution in [0.3, 0.4) is 0 Å². The molecule has 1 atom stereocenters. The molecule has 0 radical (unpaired) electrons. The van der Waals surface area contributed by atoms with Gasteiger partial charge in [-0.1, -0.05) is 48.0 Å². The maximum absolute atomic E-state index is 12.9. The van der Waals surface area contributed by atoms with Gasteiger partial charge in [-0.3, -0.25) is 14.4 Å². The summed E-state index contributed by atoms with van der Waals surface area (Å²) in [6, 6.07) is 13.9. The number of aryl methyl sites for hydroxylation is 1. The fraction of sp³-hybridized carbons (Fsp3) is 0.286. The predicted octanol–water partition coefficient (Wildman–Crippen LogP) is 3.16. The van der Waals surface area contributed by atoms with Crippen molar-refractivity contribution in [3.8, 4) is 0 Å². The average Bonchev–Trinajstić information content (AvgIpc) is 3.05. The van der Waals surface area contributed by atoms with E-state index in [1.165, 1.54) is 4.90 Å². The molecule has 0 bridgehead atoms. The molecule has 5 heteroatoms. The quantitative estimate of drug-likeness (QED) is 0.859. The van der Waals surface area contributed by atoms with Gasteiger partial charge in [-0.15, -0.1) is 0 Å². The molecule has 1 aliphatic rings. The number of ketones is 1. The van der Waals surface area contributed by atoms with Gasteiger partial charge in [0.05, 0.1) is 11.0 Å².